The first-order chi connectivity index (χ1) is 8.06. The lowest BCUT2D eigenvalue weighted by Gasteiger charge is -2.13. The molecule has 1 amide bonds. The summed E-state index contributed by atoms with van der Waals surface area (Å²) in [5.41, 5.74) is 0.327. The smallest absolute Gasteiger partial charge is 0.407 e. The van der Waals surface area contributed by atoms with Gasteiger partial charge >= 0.3 is 6.09 Å². The lowest BCUT2D eigenvalue weighted by molar-refractivity contribution is -0.386. The summed E-state index contributed by atoms with van der Waals surface area (Å²) in [4.78, 5) is 21.5. The van der Waals surface area contributed by atoms with Crippen molar-refractivity contribution in [1.29, 1.82) is 0 Å². The fourth-order valence-corrected chi connectivity index (χ4v) is 1.41. The van der Waals surface area contributed by atoms with Crippen molar-refractivity contribution in [3.63, 3.8) is 0 Å². The number of nitro groups is 1. The Labute approximate surface area is 98.7 Å². The molecule has 6 nitrogen and oxygen atoms in total. The fraction of sp³-hybridized carbons (Fsp3) is 0.364. The van der Waals surface area contributed by atoms with Crippen LogP contribution in [0.25, 0.3) is 0 Å². The molecule has 0 spiro atoms. The SMILES string of the molecule is CCNC(=O)OC(C)c1ccccc1[N+](=O)[O-]. The number of alkyl carbamates (subject to hydrolysis) is 1. The van der Waals surface area contributed by atoms with Gasteiger partial charge in [-0.25, -0.2) is 4.79 Å². The van der Waals surface area contributed by atoms with E-state index in [1.54, 1.807) is 32.0 Å². The van der Waals surface area contributed by atoms with Gasteiger partial charge in [0.15, 0.2) is 0 Å². The van der Waals surface area contributed by atoms with E-state index in [4.69, 9.17) is 4.74 Å². The highest BCUT2D eigenvalue weighted by molar-refractivity contribution is 5.67. The topological polar surface area (TPSA) is 81.5 Å². The Kier molecular flexibility index (Phi) is 4.45. The maximum atomic E-state index is 11.2. The number of carbonyl (C=O) groups is 1. The molecule has 0 bridgehead atoms. The van der Waals surface area contributed by atoms with E-state index in [9.17, 15) is 14.9 Å². The third kappa shape index (κ3) is 3.44. The zero-order chi connectivity index (χ0) is 12.8. The number of ether oxygens (including phenoxy) is 1. The van der Waals surface area contributed by atoms with Crippen LogP contribution in [0.1, 0.15) is 25.5 Å². The Balaban J connectivity index is 2.85. The first-order valence-electron chi connectivity index (χ1n) is 5.24. The predicted molar refractivity (Wildman–Crippen MR) is 61.7 cm³/mol. The zero-order valence-electron chi connectivity index (χ0n) is 9.67. The monoisotopic (exact) mass is 238 g/mol. The number of nitrogens with one attached hydrogen (secondary N) is 1. The molecule has 0 aliphatic carbocycles. The van der Waals surface area contributed by atoms with Crippen molar-refractivity contribution in [2.45, 2.75) is 20.0 Å². The molecule has 17 heavy (non-hydrogen) atoms. The predicted octanol–water partition coefficient (Wildman–Crippen LogP) is 2.40. The van der Waals surface area contributed by atoms with E-state index in [-0.39, 0.29) is 5.69 Å². The molecule has 1 aromatic carbocycles. The average molecular weight is 238 g/mol. The van der Waals surface area contributed by atoms with Gasteiger partial charge in [-0.1, -0.05) is 12.1 Å². The van der Waals surface area contributed by atoms with Gasteiger partial charge in [0.05, 0.1) is 10.5 Å². The van der Waals surface area contributed by atoms with E-state index < -0.39 is 17.1 Å². The molecule has 0 saturated carbocycles. The summed E-state index contributed by atoms with van der Waals surface area (Å²) >= 11 is 0. The van der Waals surface area contributed by atoms with Gasteiger partial charge in [-0.05, 0) is 19.9 Å². The minimum absolute atomic E-state index is 0.0516. The van der Waals surface area contributed by atoms with Gasteiger partial charge in [-0.15, -0.1) is 0 Å². The van der Waals surface area contributed by atoms with Gasteiger partial charge < -0.3 is 10.1 Å². The van der Waals surface area contributed by atoms with Crippen molar-refractivity contribution in [1.82, 2.24) is 5.32 Å². The number of nitro benzene ring substituents is 1. The largest absolute Gasteiger partial charge is 0.441 e. The van der Waals surface area contributed by atoms with E-state index in [0.717, 1.165) is 0 Å². The molecule has 0 heterocycles. The molecule has 1 atom stereocenters. The number of hydrogen-bond acceptors (Lipinski definition) is 4. The van der Waals surface area contributed by atoms with E-state index >= 15 is 0 Å². The van der Waals surface area contributed by atoms with Crippen LogP contribution in [0.15, 0.2) is 24.3 Å². The van der Waals surface area contributed by atoms with E-state index in [1.165, 1.54) is 6.07 Å². The van der Waals surface area contributed by atoms with Gasteiger partial charge in [0.25, 0.3) is 5.69 Å². The molecular weight excluding hydrogens is 224 g/mol. The summed E-state index contributed by atoms with van der Waals surface area (Å²) in [6.45, 7) is 3.80. The number of para-hydroxylation sites is 1. The molecule has 6 heteroatoms. The summed E-state index contributed by atoms with van der Waals surface area (Å²) in [7, 11) is 0. The minimum atomic E-state index is -0.664. The maximum absolute atomic E-state index is 11.2. The summed E-state index contributed by atoms with van der Waals surface area (Å²) in [5.74, 6) is 0. The van der Waals surface area contributed by atoms with Crippen LogP contribution >= 0.6 is 0 Å². The van der Waals surface area contributed by atoms with E-state index in [2.05, 4.69) is 5.32 Å². The molecule has 0 aliphatic rings. The Morgan fingerprint density at radius 1 is 1.53 bits per heavy atom. The van der Waals surface area contributed by atoms with Crippen LogP contribution < -0.4 is 5.32 Å². The second-order valence-corrected chi connectivity index (χ2v) is 3.39. The lowest BCUT2D eigenvalue weighted by Crippen LogP contribution is -2.25. The van der Waals surface area contributed by atoms with Gasteiger partial charge in [0, 0.05) is 12.6 Å². The second-order valence-electron chi connectivity index (χ2n) is 3.39. The summed E-state index contributed by atoms with van der Waals surface area (Å²) in [6.07, 6.45) is -1.25. The minimum Gasteiger partial charge on any atom is -0.441 e. The van der Waals surface area contributed by atoms with Crippen LogP contribution in [0.2, 0.25) is 0 Å². The highest BCUT2D eigenvalue weighted by Crippen LogP contribution is 2.26. The summed E-state index contributed by atoms with van der Waals surface area (Å²) < 4.78 is 5.01. The number of benzene rings is 1. The molecule has 0 fully saturated rings. The molecule has 0 aromatic heterocycles. The third-order valence-electron chi connectivity index (χ3n) is 2.18. The highest BCUT2D eigenvalue weighted by atomic mass is 16.6. The number of rotatable bonds is 4. The molecule has 1 rings (SSSR count). The fourth-order valence-electron chi connectivity index (χ4n) is 1.41. The Bertz CT molecular complexity index is 420. The van der Waals surface area contributed by atoms with Gasteiger partial charge in [0.2, 0.25) is 0 Å². The van der Waals surface area contributed by atoms with Gasteiger partial charge in [-0.3, -0.25) is 10.1 Å². The van der Waals surface area contributed by atoms with Crippen molar-refractivity contribution >= 4 is 11.8 Å². The van der Waals surface area contributed by atoms with Crippen molar-refractivity contribution in [2.24, 2.45) is 0 Å². The average Bonchev–Trinajstić information content (AvgIpc) is 2.29. The molecular formula is C11H14N2O4. The number of carbonyl (C=O) groups excluding carboxylic acids is 1. The molecule has 0 aliphatic heterocycles. The molecule has 1 aromatic rings. The number of nitrogens with zero attached hydrogens (tertiary/aromatic N) is 1. The van der Waals surface area contributed by atoms with Gasteiger partial charge in [-0.2, -0.15) is 0 Å². The van der Waals surface area contributed by atoms with E-state index in [1.807, 2.05) is 0 Å². The standard InChI is InChI=1S/C11H14N2O4/c1-3-12-11(14)17-8(2)9-6-4-5-7-10(9)13(15)16/h4-8H,3H2,1-2H3,(H,12,14). The van der Waals surface area contributed by atoms with E-state index in [0.29, 0.717) is 12.1 Å². The molecule has 92 valence electrons. The van der Waals surface area contributed by atoms with Crippen molar-refractivity contribution in [3.05, 3.63) is 39.9 Å². The third-order valence-corrected chi connectivity index (χ3v) is 2.18. The number of hydrogen-bond donors (Lipinski definition) is 1. The van der Waals surface area contributed by atoms with Gasteiger partial charge in [0.1, 0.15) is 6.10 Å². The Morgan fingerprint density at radius 2 is 2.18 bits per heavy atom. The van der Waals surface area contributed by atoms with Crippen LogP contribution in [0, 0.1) is 10.1 Å². The van der Waals surface area contributed by atoms with Crippen LogP contribution in [-0.4, -0.2) is 17.6 Å². The van der Waals surface area contributed by atoms with Crippen molar-refractivity contribution < 1.29 is 14.5 Å². The quantitative estimate of drug-likeness (QED) is 0.645. The molecule has 0 saturated heterocycles. The van der Waals surface area contributed by atoms with Crippen molar-refractivity contribution in [3.8, 4) is 0 Å². The summed E-state index contributed by atoms with van der Waals surface area (Å²) in [5, 5.41) is 13.3. The molecule has 1 unspecified atom stereocenters. The van der Waals surface area contributed by atoms with Crippen LogP contribution in [0.4, 0.5) is 10.5 Å². The normalized spacial score (nSPS) is 11.6. The Hall–Kier alpha value is -2.11. The molecule has 0 radical (unpaired) electrons. The lowest BCUT2D eigenvalue weighted by atomic mass is 10.1. The molecule has 1 N–H and O–H groups in total. The highest BCUT2D eigenvalue weighted by Gasteiger charge is 2.20. The number of amides is 1. The maximum Gasteiger partial charge on any atom is 0.407 e. The first kappa shape index (κ1) is 13.0. The summed E-state index contributed by atoms with van der Waals surface area (Å²) in [6, 6.07) is 6.19. The van der Waals surface area contributed by atoms with Crippen LogP contribution in [0.5, 0.6) is 0 Å². The first-order valence-corrected chi connectivity index (χ1v) is 5.24. The Morgan fingerprint density at radius 3 is 2.76 bits per heavy atom. The van der Waals surface area contributed by atoms with Crippen molar-refractivity contribution in [2.75, 3.05) is 6.54 Å². The zero-order valence-corrected chi connectivity index (χ0v) is 9.67. The van der Waals surface area contributed by atoms with Crippen LogP contribution in [-0.2, 0) is 4.74 Å². The second kappa shape index (κ2) is 5.83. The van der Waals surface area contributed by atoms with Crippen LogP contribution in [0.3, 0.4) is 0 Å².